The molecule has 0 saturated heterocycles. The quantitative estimate of drug-likeness (QED) is 0.741. The topological polar surface area (TPSA) is 24.5 Å². The van der Waals surface area contributed by atoms with E-state index in [1.54, 1.807) is 7.11 Å². The lowest BCUT2D eigenvalue weighted by atomic mass is 10.0. The van der Waals surface area contributed by atoms with Crippen molar-refractivity contribution in [3.05, 3.63) is 29.3 Å². The average Bonchev–Trinajstić information content (AvgIpc) is 2.38. The van der Waals surface area contributed by atoms with Crippen molar-refractivity contribution in [3.63, 3.8) is 0 Å². The molecule has 108 valence electrons. The predicted molar refractivity (Wildman–Crippen MR) is 85.4 cm³/mol. The molecule has 0 saturated carbocycles. The fourth-order valence-corrected chi connectivity index (χ4v) is 3.15. The highest BCUT2D eigenvalue weighted by atomic mass is 32.2. The van der Waals surface area contributed by atoms with Gasteiger partial charge in [-0.1, -0.05) is 17.7 Å². The summed E-state index contributed by atoms with van der Waals surface area (Å²) in [5.74, 6) is 3.18. The van der Waals surface area contributed by atoms with Crippen molar-refractivity contribution in [1.29, 1.82) is 0 Å². The zero-order valence-corrected chi connectivity index (χ0v) is 13.5. The maximum Gasteiger partial charge on any atom is 0.123 e. The van der Waals surface area contributed by atoms with E-state index >= 15 is 0 Å². The van der Waals surface area contributed by atoms with Gasteiger partial charge >= 0.3 is 0 Å². The van der Waals surface area contributed by atoms with Crippen molar-refractivity contribution in [3.8, 4) is 5.75 Å². The number of benzene rings is 1. The summed E-state index contributed by atoms with van der Waals surface area (Å²) in [6, 6.07) is 6.70. The van der Waals surface area contributed by atoms with E-state index in [1.165, 1.54) is 11.1 Å². The van der Waals surface area contributed by atoms with E-state index in [4.69, 9.17) is 4.74 Å². The van der Waals surface area contributed by atoms with E-state index < -0.39 is 0 Å². The van der Waals surface area contributed by atoms with Crippen LogP contribution in [0.5, 0.6) is 5.75 Å². The Balaban J connectivity index is 2.65. The molecule has 1 atom stereocenters. The summed E-state index contributed by atoms with van der Waals surface area (Å²) < 4.78 is 5.47. The van der Waals surface area contributed by atoms with Gasteiger partial charge in [0.05, 0.1) is 7.11 Å². The largest absolute Gasteiger partial charge is 0.496 e. The van der Waals surface area contributed by atoms with Gasteiger partial charge in [0.25, 0.3) is 0 Å². The Bertz CT molecular complexity index is 382. The normalized spacial score (nSPS) is 12.7. The van der Waals surface area contributed by atoms with E-state index in [0.717, 1.165) is 23.8 Å². The molecule has 1 unspecified atom stereocenters. The fourth-order valence-electron chi connectivity index (χ4n) is 1.90. The molecular formula is C15H26N2OS. The highest BCUT2D eigenvalue weighted by Crippen LogP contribution is 2.28. The Morgan fingerprint density at radius 2 is 2.11 bits per heavy atom. The van der Waals surface area contributed by atoms with Gasteiger partial charge in [0.2, 0.25) is 0 Å². The molecule has 1 aromatic carbocycles. The zero-order chi connectivity index (χ0) is 14.3. The van der Waals surface area contributed by atoms with Gasteiger partial charge < -0.3 is 15.0 Å². The fraction of sp³-hybridized carbons (Fsp3) is 0.600. The van der Waals surface area contributed by atoms with Crippen LogP contribution in [-0.4, -0.2) is 51.2 Å². The molecule has 19 heavy (non-hydrogen) atoms. The van der Waals surface area contributed by atoms with Gasteiger partial charge in [0, 0.05) is 29.7 Å². The van der Waals surface area contributed by atoms with Crippen molar-refractivity contribution in [2.24, 2.45) is 0 Å². The minimum atomic E-state index is 0.335. The molecule has 0 aliphatic heterocycles. The maximum absolute atomic E-state index is 5.47. The summed E-state index contributed by atoms with van der Waals surface area (Å²) in [5, 5.41) is 3.39. The molecule has 0 fully saturated rings. The molecule has 0 bridgehead atoms. The van der Waals surface area contributed by atoms with Gasteiger partial charge in [0.1, 0.15) is 5.75 Å². The molecule has 4 heteroatoms. The van der Waals surface area contributed by atoms with Gasteiger partial charge in [-0.2, -0.15) is 11.8 Å². The number of hydrogen-bond acceptors (Lipinski definition) is 4. The Morgan fingerprint density at radius 1 is 1.37 bits per heavy atom. The second-order valence-corrected chi connectivity index (χ2v) is 6.11. The van der Waals surface area contributed by atoms with Crippen LogP contribution < -0.4 is 10.1 Å². The smallest absolute Gasteiger partial charge is 0.123 e. The third kappa shape index (κ3) is 5.43. The summed E-state index contributed by atoms with van der Waals surface area (Å²) in [6.45, 7) is 3.24. The highest BCUT2D eigenvalue weighted by Gasteiger charge is 2.14. The van der Waals surface area contributed by atoms with Crippen LogP contribution in [0.15, 0.2) is 18.2 Å². The standard InChI is InChI=1S/C15H26N2OS/c1-12-6-7-15(18-5)13(10-12)14(16-2)11-19-9-8-17(3)4/h6-7,10,14,16H,8-9,11H2,1-5H3. The van der Waals surface area contributed by atoms with E-state index in [2.05, 4.69) is 49.4 Å². The Morgan fingerprint density at radius 3 is 2.68 bits per heavy atom. The predicted octanol–water partition coefficient (Wildman–Crippen LogP) is 2.56. The summed E-state index contributed by atoms with van der Waals surface area (Å²) in [5.41, 5.74) is 2.52. The molecule has 0 aromatic heterocycles. The van der Waals surface area contributed by atoms with E-state index in [0.29, 0.717) is 6.04 Å². The summed E-state index contributed by atoms with van der Waals surface area (Å²) in [7, 11) is 7.97. The minimum Gasteiger partial charge on any atom is -0.496 e. The van der Waals surface area contributed by atoms with E-state index in [1.807, 2.05) is 18.8 Å². The van der Waals surface area contributed by atoms with E-state index in [-0.39, 0.29) is 0 Å². The molecule has 0 heterocycles. The molecule has 0 aliphatic rings. The lowest BCUT2D eigenvalue weighted by Crippen LogP contribution is -2.21. The lowest BCUT2D eigenvalue weighted by Gasteiger charge is -2.20. The monoisotopic (exact) mass is 282 g/mol. The molecule has 0 amide bonds. The SMILES string of the molecule is CNC(CSCCN(C)C)c1cc(C)ccc1OC. The molecule has 1 aromatic rings. The van der Waals surface area contributed by atoms with Crippen LogP contribution >= 0.6 is 11.8 Å². The Kier molecular flexibility index (Phi) is 7.28. The van der Waals surface area contributed by atoms with Crippen LogP contribution in [0.1, 0.15) is 17.2 Å². The van der Waals surface area contributed by atoms with Crippen LogP contribution in [0.3, 0.4) is 0 Å². The molecule has 0 radical (unpaired) electrons. The van der Waals surface area contributed by atoms with Crippen molar-refractivity contribution in [1.82, 2.24) is 10.2 Å². The third-order valence-electron chi connectivity index (χ3n) is 3.08. The zero-order valence-electron chi connectivity index (χ0n) is 12.7. The van der Waals surface area contributed by atoms with Gasteiger partial charge in [-0.25, -0.2) is 0 Å². The van der Waals surface area contributed by atoms with Crippen molar-refractivity contribution in [2.75, 3.05) is 46.3 Å². The number of methoxy groups -OCH3 is 1. The van der Waals surface area contributed by atoms with Crippen LogP contribution in [0.4, 0.5) is 0 Å². The number of nitrogens with zero attached hydrogens (tertiary/aromatic N) is 1. The van der Waals surface area contributed by atoms with Crippen LogP contribution in [0, 0.1) is 6.92 Å². The first-order valence-corrected chi connectivity index (χ1v) is 7.78. The first-order valence-electron chi connectivity index (χ1n) is 6.62. The lowest BCUT2D eigenvalue weighted by molar-refractivity contribution is 0.404. The number of hydrogen-bond donors (Lipinski definition) is 1. The summed E-state index contributed by atoms with van der Waals surface area (Å²) >= 11 is 1.97. The first-order chi connectivity index (χ1) is 9.08. The van der Waals surface area contributed by atoms with Gasteiger partial charge in [-0.15, -0.1) is 0 Å². The van der Waals surface area contributed by atoms with Crippen LogP contribution in [-0.2, 0) is 0 Å². The number of thioether (sulfide) groups is 1. The molecule has 1 rings (SSSR count). The van der Waals surface area contributed by atoms with E-state index in [9.17, 15) is 0 Å². The molecular weight excluding hydrogens is 256 g/mol. The summed E-state index contributed by atoms with van der Waals surface area (Å²) in [4.78, 5) is 2.22. The first kappa shape index (κ1) is 16.3. The molecule has 0 aliphatic carbocycles. The van der Waals surface area contributed by atoms with Gasteiger partial charge in [0.15, 0.2) is 0 Å². The third-order valence-corrected chi connectivity index (χ3v) is 4.12. The summed E-state index contributed by atoms with van der Waals surface area (Å²) in [6.07, 6.45) is 0. The van der Waals surface area contributed by atoms with Gasteiger partial charge in [-0.05, 0) is 34.1 Å². The van der Waals surface area contributed by atoms with Crippen molar-refractivity contribution in [2.45, 2.75) is 13.0 Å². The van der Waals surface area contributed by atoms with Crippen LogP contribution in [0.25, 0.3) is 0 Å². The number of ether oxygens (including phenoxy) is 1. The van der Waals surface area contributed by atoms with Crippen molar-refractivity contribution < 1.29 is 4.74 Å². The number of aryl methyl sites for hydroxylation is 1. The van der Waals surface area contributed by atoms with Crippen LogP contribution in [0.2, 0.25) is 0 Å². The minimum absolute atomic E-state index is 0.335. The van der Waals surface area contributed by atoms with Gasteiger partial charge in [-0.3, -0.25) is 0 Å². The second-order valence-electron chi connectivity index (χ2n) is 4.96. The number of rotatable bonds is 8. The second kappa shape index (κ2) is 8.46. The maximum atomic E-state index is 5.47. The number of nitrogens with one attached hydrogen (secondary N) is 1. The molecule has 3 nitrogen and oxygen atoms in total. The molecule has 1 N–H and O–H groups in total. The van der Waals surface area contributed by atoms with Crippen molar-refractivity contribution >= 4 is 11.8 Å². The Labute approximate surface area is 121 Å². The average molecular weight is 282 g/mol. The molecule has 0 spiro atoms. The Hall–Kier alpha value is -0.710. The highest BCUT2D eigenvalue weighted by molar-refractivity contribution is 7.99.